The predicted octanol–water partition coefficient (Wildman–Crippen LogP) is 6.72. The number of aryl methyl sites for hydroxylation is 1. The van der Waals surface area contributed by atoms with Crippen LogP contribution in [0.25, 0.3) is 0 Å². The van der Waals surface area contributed by atoms with E-state index in [9.17, 15) is 0 Å². The van der Waals surface area contributed by atoms with Gasteiger partial charge in [-0.05, 0) is 25.3 Å². The lowest BCUT2D eigenvalue weighted by Gasteiger charge is -2.18. The van der Waals surface area contributed by atoms with E-state index in [0.29, 0.717) is 23.9 Å². The second-order valence-electron chi connectivity index (χ2n) is 8.26. The summed E-state index contributed by atoms with van der Waals surface area (Å²) in [5, 5.41) is 8.77. The Balaban J connectivity index is 2.18. The summed E-state index contributed by atoms with van der Waals surface area (Å²) in [5.41, 5.74) is 1.10. The molecule has 31 heavy (non-hydrogen) atoms. The largest absolute Gasteiger partial charge is 0.493 e. The Morgan fingerprint density at radius 1 is 0.516 bits per heavy atom. The number of aliphatic hydroxyl groups excluding tert-OH is 1. The van der Waals surface area contributed by atoms with Gasteiger partial charge in [0.15, 0.2) is 11.5 Å². The third-order valence-electron chi connectivity index (χ3n) is 5.92. The summed E-state index contributed by atoms with van der Waals surface area (Å²) in [6.45, 7) is 0.346. The number of unbranched alkanes of at least 4 members (excludes halogenated alkanes) is 13. The predicted molar refractivity (Wildman–Crippen MR) is 128 cm³/mol. The van der Waals surface area contributed by atoms with Crippen LogP contribution in [0.3, 0.4) is 0 Å². The Labute approximate surface area is 190 Å². The first-order valence-corrected chi connectivity index (χ1v) is 12.2. The summed E-state index contributed by atoms with van der Waals surface area (Å²) >= 11 is 0. The van der Waals surface area contributed by atoms with Crippen LogP contribution in [-0.4, -0.2) is 40.2 Å². The molecular weight excluding hydrogens is 392 g/mol. The van der Waals surface area contributed by atoms with Crippen LogP contribution in [0.1, 0.15) is 95.5 Å². The molecule has 0 saturated heterocycles. The standard InChI is InChI=1S/C26H46O5/c1-28-23-21-22(24(29-2)26(31-4)25(23)30-3)19-17-15-13-11-9-7-5-6-8-10-12-14-16-18-20-27/h21,27H,5-20H2,1-4H3. The Kier molecular flexibility index (Phi) is 15.9. The number of methoxy groups -OCH3 is 4. The Hall–Kier alpha value is -1.62. The first-order chi connectivity index (χ1) is 15.2. The van der Waals surface area contributed by atoms with E-state index in [-0.39, 0.29) is 0 Å². The van der Waals surface area contributed by atoms with Crippen molar-refractivity contribution in [3.63, 3.8) is 0 Å². The van der Waals surface area contributed by atoms with Gasteiger partial charge < -0.3 is 24.1 Å². The second-order valence-corrected chi connectivity index (χ2v) is 8.26. The highest BCUT2D eigenvalue weighted by Crippen LogP contribution is 2.46. The highest BCUT2D eigenvalue weighted by Gasteiger charge is 2.21. The van der Waals surface area contributed by atoms with Crippen molar-refractivity contribution in [3.8, 4) is 23.0 Å². The van der Waals surface area contributed by atoms with Crippen molar-refractivity contribution in [2.75, 3.05) is 35.0 Å². The molecule has 0 amide bonds. The van der Waals surface area contributed by atoms with E-state index in [1.165, 1.54) is 77.0 Å². The number of aliphatic hydroxyl groups is 1. The number of hydrogen-bond acceptors (Lipinski definition) is 5. The molecule has 1 rings (SSSR count). The number of hydrogen-bond donors (Lipinski definition) is 1. The zero-order valence-electron chi connectivity index (χ0n) is 20.5. The highest BCUT2D eigenvalue weighted by atomic mass is 16.5. The molecule has 1 N–H and O–H groups in total. The van der Waals surface area contributed by atoms with Crippen molar-refractivity contribution < 1.29 is 24.1 Å². The number of ether oxygens (including phenoxy) is 4. The fourth-order valence-electron chi connectivity index (χ4n) is 4.14. The lowest BCUT2D eigenvalue weighted by Crippen LogP contribution is -2.01. The molecule has 0 atom stereocenters. The van der Waals surface area contributed by atoms with Crippen molar-refractivity contribution in [3.05, 3.63) is 11.6 Å². The average molecular weight is 439 g/mol. The lowest BCUT2D eigenvalue weighted by atomic mass is 10.0. The minimum absolute atomic E-state index is 0.346. The minimum atomic E-state index is 0.346. The summed E-state index contributed by atoms with van der Waals surface area (Å²) in [6.07, 6.45) is 18.9. The molecular formula is C26H46O5. The van der Waals surface area contributed by atoms with Gasteiger partial charge in [0.05, 0.1) is 28.4 Å². The van der Waals surface area contributed by atoms with Gasteiger partial charge in [-0.15, -0.1) is 0 Å². The van der Waals surface area contributed by atoms with E-state index in [4.69, 9.17) is 24.1 Å². The van der Waals surface area contributed by atoms with E-state index in [2.05, 4.69) is 0 Å². The van der Waals surface area contributed by atoms with Gasteiger partial charge in [-0.2, -0.15) is 0 Å². The molecule has 0 bridgehead atoms. The molecule has 0 saturated carbocycles. The molecule has 0 fully saturated rings. The van der Waals surface area contributed by atoms with Gasteiger partial charge in [-0.25, -0.2) is 0 Å². The minimum Gasteiger partial charge on any atom is -0.493 e. The van der Waals surface area contributed by atoms with E-state index in [1.54, 1.807) is 28.4 Å². The van der Waals surface area contributed by atoms with Crippen molar-refractivity contribution in [1.82, 2.24) is 0 Å². The van der Waals surface area contributed by atoms with E-state index < -0.39 is 0 Å². The van der Waals surface area contributed by atoms with Crippen LogP contribution in [0.5, 0.6) is 23.0 Å². The first kappa shape index (κ1) is 27.4. The molecule has 0 aliphatic rings. The SMILES string of the molecule is COc1cc(CCCCCCCCCCCCCCCCO)c(OC)c(OC)c1OC. The third-order valence-corrected chi connectivity index (χ3v) is 5.92. The van der Waals surface area contributed by atoms with Crippen LogP contribution >= 0.6 is 0 Å². The molecule has 0 spiro atoms. The van der Waals surface area contributed by atoms with Crippen LogP contribution < -0.4 is 18.9 Å². The first-order valence-electron chi connectivity index (χ1n) is 12.2. The zero-order valence-corrected chi connectivity index (χ0v) is 20.5. The molecule has 180 valence electrons. The normalized spacial score (nSPS) is 10.9. The molecule has 5 heteroatoms. The number of rotatable bonds is 20. The van der Waals surface area contributed by atoms with Gasteiger partial charge in [0.1, 0.15) is 0 Å². The second kappa shape index (κ2) is 18.0. The summed E-state index contributed by atoms with van der Waals surface area (Å²) in [6, 6.07) is 2.01. The van der Waals surface area contributed by atoms with Gasteiger partial charge in [-0.3, -0.25) is 0 Å². The van der Waals surface area contributed by atoms with Gasteiger partial charge in [-0.1, -0.05) is 77.0 Å². The van der Waals surface area contributed by atoms with E-state index in [1.807, 2.05) is 6.07 Å². The summed E-state index contributed by atoms with van der Waals surface area (Å²) in [4.78, 5) is 0. The maximum atomic E-state index is 8.77. The third kappa shape index (κ3) is 10.5. The molecule has 0 aromatic heterocycles. The average Bonchev–Trinajstić information content (AvgIpc) is 2.80. The maximum Gasteiger partial charge on any atom is 0.207 e. The molecule has 1 aromatic rings. The molecule has 1 aromatic carbocycles. The monoisotopic (exact) mass is 438 g/mol. The van der Waals surface area contributed by atoms with Crippen molar-refractivity contribution >= 4 is 0 Å². The Bertz CT molecular complexity index is 573. The molecule has 0 radical (unpaired) electrons. The molecule has 0 heterocycles. The summed E-state index contributed by atoms with van der Waals surface area (Å²) < 4.78 is 22.1. The Morgan fingerprint density at radius 2 is 0.935 bits per heavy atom. The topological polar surface area (TPSA) is 57.2 Å². The highest BCUT2D eigenvalue weighted by molar-refractivity contribution is 5.62. The Morgan fingerprint density at radius 3 is 1.32 bits per heavy atom. The molecule has 5 nitrogen and oxygen atoms in total. The number of benzene rings is 1. The fourth-order valence-corrected chi connectivity index (χ4v) is 4.14. The van der Waals surface area contributed by atoms with Gasteiger partial charge in [0, 0.05) is 12.2 Å². The molecule has 0 aliphatic carbocycles. The van der Waals surface area contributed by atoms with Crippen LogP contribution in [-0.2, 0) is 6.42 Å². The summed E-state index contributed by atoms with van der Waals surface area (Å²) in [7, 11) is 6.56. The van der Waals surface area contributed by atoms with Gasteiger partial charge in [0.25, 0.3) is 0 Å². The fraction of sp³-hybridized carbons (Fsp3) is 0.769. The van der Waals surface area contributed by atoms with E-state index >= 15 is 0 Å². The molecule has 0 unspecified atom stereocenters. The van der Waals surface area contributed by atoms with Gasteiger partial charge in [0.2, 0.25) is 11.5 Å². The van der Waals surface area contributed by atoms with Crippen LogP contribution in [0.2, 0.25) is 0 Å². The zero-order chi connectivity index (χ0) is 22.7. The quantitative estimate of drug-likeness (QED) is 0.229. The summed E-state index contributed by atoms with van der Waals surface area (Å²) in [5.74, 6) is 2.60. The van der Waals surface area contributed by atoms with Crippen molar-refractivity contribution in [2.24, 2.45) is 0 Å². The maximum absolute atomic E-state index is 8.77. The van der Waals surface area contributed by atoms with Gasteiger partial charge >= 0.3 is 0 Å². The molecule has 0 aliphatic heterocycles. The lowest BCUT2D eigenvalue weighted by molar-refractivity contribution is 0.282. The van der Waals surface area contributed by atoms with Crippen LogP contribution in [0.4, 0.5) is 0 Å². The van der Waals surface area contributed by atoms with Crippen molar-refractivity contribution in [1.29, 1.82) is 0 Å². The van der Waals surface area contributed by atoms with Crippen LogP contribution in [0, 0.1) is 0 Å². The van der Waals surface area contributed by atoms with Crippen molar-refractivity contribution in [2.45, 2.75) is 96.3 Å². The smallest absolute Gasteiger partial charge is 0.207 e. The van der Waals surface area contributed by atoms with Crippen LogP contribution in [0.15, 0.2) is 6.07 Å². The van der Waals surface area contributed by atoms with E-state index in [0.717, 1.165) is 30.6 Å².